The minimum Gasteiger partial charge on any atom is -0.389 e. The summed E-state index contributed by atoms with van der Waals surface area (Å²) in [7, 11) is 1.36. The highest BCUT2D eigenvalue weighted by Crippen LogP contribution is 2.30. The lowest BCUT2D eigenvalue weighted by atomic mass is 10.1. The lowest BCUT2D eigenvalue weighted by molar-refractivity contribution is -0.384. The Morgan fingerprint density at radius 2 is 2.11 bits per heavy atom. The minimum absolute atomic E-state index is 0.102. The smallest absolute Gasteiger partial charge is 0.292 e. The van der Waals surface area contributed by atoms with E-state index in [0.29, 0.717) is 5.56 Å². The summed E-state index contributed by atoms with van der Waals surface area (Å²) < 4.78 is 24.5. The first-order valence-electron chi connectivity index (χ1n) is 5.28. The van der Waals surface area contributed by atoms with E-state index < -0.39 is 24.0 Å². The van der Waals surface area contributed by atoms with Crippen LogP contribution in [0.2, 0.25) is 0 Å². The molecule has 0 saturated heterocycles. The Labute approximate surface area is 103 Å². The maximum Gasteiger partial charge on any atom is 0.292 e. The minimum atomic E-state index is -2.58. The molecule has 1 atom stereocenters. The van der Waals surface area contributed by atoms with Crippen LogP contribution in [0.25, 0.3) is 0 Å². The molecule has 0 radical (unpaired) electrons. The molecule has 5 nitrogen and oxygen atoms in total. The van der Waals surface area contributed by atoms with Crippen molar-refractivity contribution in [3.8, 4) is 0 Å². The number of alkyl halides is 2. The number of hydrogen-bond donors (Lipinski definition) is 1. The summed E-state index contributed by atoms with van der Waals surface area (Å²) in [6.45, 7) is 0.885. The van der Waals surface area contributed by atoms with Gasteiger partial charge in [-0.2, -0.15) is 0 Å². The molecule has 0 saturated carbocycles. The average Bonchev–Trinajstić information content (AvgIpc) is 2.26. The summed E-state index contributed by atoms with van der Waals surface area (Å²) >= 11 is 0. The number of aliphatic hydroxyl groups excluding tert-OH is 1. The van der Waals surface area contributed by atoms with Crippen molar-refractivity contribution in [1.29, 1.82) is 0 Å². The summed E-state index contributed by atoms with van der Waals surface area (Å²) in [4.78, 5) is 11.4. The molecule has 0 spiro atoms. The number of benzene rings is 1. The number of aliphatic hydroxyl groups is 1. The van der Waals surface area contributed by atoms with Crippen molar-refractivity contribution >= 4 is 11.4 Å². The summed E-state index contributed by atoms with van der Waals surface area (Å²) in [5, 5.41) is 20.2. The molecule has 0 amide bonds. The van der Waals surface area contributed by atoms with E-state index in [9.17, 15) is 24.0 Å². The standard InChI is InChI=1S/C11H14F2N2O3/c1-7(16)8-3-4-9(10(5-8)15(17)18)14(2)6-11(12)13/h3-5,7,11,16H,6H2,1-2H3/t7-/m1/s1. The van der Waals surface area contributed by atoms with Gasteiger partial charge in [-0.3, -0.25) is 10.1 Å². The Balaban J connectivity index is 3.15. The second kappa shape index (κ2) is 5.72. The third kappa shape index (κ3) is 3.36. The van der Waals surface area contributed by atoms with Crippen molar-refractivity contribution in [1.82, 2.24) is 0 Å². The third-order valence-electron chi connectivity index (χ3n) is 2.50. The third-order valence-corrected chi connectivity index (χ3v) is 2.50. The summed E-state index contributed by atoms with van der Waals surface area (Å²) in [6, 6.07) is 4.04. The van der Waals surface area contributed by atoms with Gasteiger partial charge in [0.1, 0.15) is 5.69 Å². The van der Waals surface area contributed by atoms with Crippen molar-refractivity contribution in [3.05, 3.63) is 33.9 Å². The number of nitrogens with zero attached hydrogens (tertiary/aromatic N) is 2. The topological polar surface area (TPSA) is 66.6 Å². The zero-order valence-electron chi connectivity index (χ0n) is 10.0. The van der Waals surface area contributed by atoms with Crippen LogP contribution < -0.4 is 4.90 Å². The molecular weight excluding hydrogens is 246 g/mol. The highest BCUT2D eigenvalue weighted by molar-refractivity contribution is 5.64. The predicted octanol–water partition coefficient (Wildman–Crippen LogP) is 2.35. The molecule has 0 aliphatic carbocycles. The molecule has 0 heterocycles. The first-order chi connectivity index (χ1) is 8.32. The van der Waals surface area contributed by atoms with Gasteiger partial charge in [0, 0.05) is 13.1 Å². The van der Waals surface area contributed by atoms with E-state index in [1.165, 1.54) is 32.2 Å². The first-order valence-corrected chi connectivity index (χ1v) is 5.28. The highest BCUT2D eigenvalue weighted by Gasteiger charge is 2.20. The summed E-state index contributed by atoms with van der Waals surface area (Å²) in [5.41, 5.74) is 0.178. The molecule has 0 fully saturated rings. The molecule has 1 aromatic carbocycles. The monoisotopic (exact) mass is 260 g/mol. The van der Waals surface area contributed by atoms with E-state index in [1.807, 2.05) is 0 Å². The Hall–Kier alpha value is -1.76. The van der Waals surface area contributed by atoms with Gasteiger partial charge >= 0.3 is 0 Å². The number of halogens is 2. The fraction of sp³-hybridized carbons (Fsp3) is 0.455. The summed E-state index contributed by atoms with van der Waals surface area (Å²) in [5.74, 6) is 0. The van der Waals surface area contributed by atoms with Gasteiger partial charge in [0.15, 0.2) is 0 Å². The van der Waals surface area contributed by atoms with Crippen LogP contribution in [0.5, 0.6) is 0 Å². The molecule has 0 aliphatic rings. The Bertz CT molecular complexity index is 438. The Morgan fingerprint density at radius 3 is 2.56 bits per heavy atom. The second-order valence-corrected chi connectivity index (χ2v) is 3.95. The van der Waals surface area contributed by atoms with Gasteiger partial charge in [-0.1, -0.05) is 6.07 Å². The van der Waals surface area contributed by atoms with Crippen molar-refractivity contribution in [2.45, 2.75) is 19.5 Å². The zero-order valence-corrected chi connectivity index (χ0v) is 10.0. The normalized spacial score (nSPS) is 12.6. The molecule has 7 heteroatoms. The number of hydrogen-bond acceptors (Lipinski definition) is 4. The van der Waals surface area contributed by atoms with Crippen LogP contribution >= 0.6 is 0 Å². The maximum absolute atomic E-state index is 12.3. The lowest BCUT2D eigenvalue weighted by Crippen LogP contribution is -2.24. The van der Waals surface area contributed by atoms with E-state index in [4.69, 9.17) is 0 Å². The van der Waals surface area contributed by atoms with Crippen molar-refractivity contribution in [3.63, 3.8) is 0 Å². The lowest BCUT2D eigenvalue weighted by Gasteiger charge is -2.19. The molecule has 1 N–H and O–H groups in total. The number of anilines is 1. The van der Waals surface area contributed by atoms with E-state index >= 15 is 0 Å². The average molecular weight is 260 g/mol. The second-order valence-electron chi connectivity index (χ2n) is 3.95. The van der Waals surface area contributed by atoms with Crippen LogP contribution in [-0.4, -0.2) is 30.0 Å². The molecule has 1 aromatic rings. The van der Waals surface area contributed by atoms with E-state index in [0.717, 1.165) is 4.90 Å². The van der Waals surface area contributed by atoms with Crippen LogP contribution in [0.1, 0.15) is 18.6 Å². The Kier molecular flexibility index (Phi) is 4.55. The van der Waals surface area contributed by atoms with Gasteiger partial charge in [-0.05, 0) is 18.6 Å². The van der Waals surface area contributed by atoms with E-state index in [-0.39, 0.29) is 11.4 Å². The zero-order chi connectivity index (χ0) is 13.9. The van der Waals surface area contributed by atoms with Crippen LogP contribution in [0.4, 0.5) is 20.2 Å². The SMILES string of the molecule is C[C@@H](O)c1ccc(N(C)CC(F)F)c([N+](=O)[O-])c1. The molecular formula is C11H14F2N2O3. The molecule has 0 unspecified atom stereocenters. The molecule has 0 aliphatic heterocycles. The van der Waals surface area contributed by atoms with Gasteiger partial charge in [0.05, 0.1) is 17.6 Å². The first kappa shape index (κ1) is 14.3. The van der Waals surface area contributed by atoms with Crippen molar-refractivity contribution in [2.75, 3.05) is 18.5 Å². The number of rotatable bonds is 5. The fourth-order valence-corrected chi connectivity index (χ4v) is 1.57. The number of nitro groups is 1. The van der Waals surface area contributed by atoms with E-state index in [2.05, 4.69) is 0 Å². The summed E-state index contributed by atoms with van der Waals surface area (Å²) in [6.07, 6.45) is -3.43. The quantitative estimate of drug-likeness (QED) is 0.652. The van der Waals surface area contributed by atoms with Gasteiger partial charge < -0.3 is 10.0 Å². The van der Waals surface area contributed by atoms with Crippen LogP contribution in [-0.2, 0) is 0 Å². The predicted molar refractivity (Wildman–Crippen MR) is 63.0 cm³/mol. The van der Waals surface area contributed by atoms with Gasteiger partial charge in [0.25, 0.3) is 12.1 Å². The molecule has 18 heavy (non-hydrogen) atoms. The largest absolute Gasteiger partial charge is 0.389 e. The number of nitro benzene ring substituents is 1. The van der Waals surface area contributed by atoms with Crippen molar-refractivity contribution < 1.29 is 18.8 Å². The van der Waals surface area contributed by atoms with Crippen LogP contribution in [0.3, 0.4) is 0 Å². The molecule has 100 valence electrons. The van der Waals surface area contributed by atoms with Crippen molar-refractivity contribution in [2.24, 2.45) is 0 Å². The van der Waals surface area contributed by atoms with Crippen LogP contribution in [0.15, 0.2) is 18.2 Å². The van der Waals surface area contributed by atoms with Gasteiger partial charge in [-0.25, -0.2) is 8.78 Å². The fourth-order valence-electron chi connectivity index (χ4n) is 1.57. The molecule has 1 rings (SSSR count). The highest BCUT2D eigenvalue weighted by atomic mass is 19.3. The van der Waals surface area contributed by atoms with Gasteiger partial charge in [0.2, 0.25) is 0 Å². The molecule has 0 bridgehead atoms. The Morgan fingerprint density at radius 1 is 1.50 bits per heavy atom. The van der Waals surface area contributed by atoms with Crippen LogP contribution in [0, 0.1) is 10.1 Å². The molecule has 0 aromatic heterocycles. The maximum atomic E-state index is 12.3. The van der Waals surface area contributed by atoms with Gasteiger partial charge in [-0.15, -0.1) is 0 Å². The van der Waals surface area contributed by atoms with E-state index in [1.54, 1.807) is 0 Å².